The van der Waals surface area contributed by atoms with Crippen LogP contribution >= 0.6 is 0 Å². The maximum atomic E-state index is 14.6. The Hall–Kier alpha value is -4.94. The number of carbonyl (C=O) groups excluding carboxylic acids is 1. The van der Waals surface area contributed by atoms with Gasteiger partial charge in [-0.3, -0.25) is 28.6 Å². The lowest BCUT2D eigenvalue weighted by molar-refractivity contribution is 0.0916. The van der Waals surface area contributed by atoms with Crippen molar-refractivity contribution >= 4 is 16.9 Å². The Morgan fingerprint density at radius 2 is 1.60 bits per heavy atom. The van der Waals surface area contributed by atoms with E-state index in [0.29, 0.717) is 37.1 Å². The Morgan fingerprint density at radius 3 is 2.30 bits per heavy atom. The number of amides is 1. The summed E-state index contributed by atoms with van der Waals surface area (Å²) >= 11 is 0. The van der Waals surface area contributed by atoms with Gasteiger partial charge in [0, 0.05) is 63.6 Å². The van der Waals surface area contributed by atoms with Crippen LogP contribution in [0.2, 0.25) is 0 Å². The van der Waals surface area contributed by atoms with Crippen LogP contribution in [0.3, 0.4) is 0 Å². The van der Waals surface area contributed by atoms with Crippen LogP contribution in [0.4, 0.5) is 4.39 Å². The van der Waals surface area contributed by atoms with Gasteiger partial charge in [-0.15, -0.1) is 0 Å². The van der Waals surface area contributed by atoms with E-state index in [9.17, 15) is 18.8 Å². The second-order valence-electron chi connectivity index (χ2n) is 15.1. The Balaban J connectivity index is 1.01. The molecule has 8 rings (SSSR count). The van der Waals surface area contributed by atoms with E-state index >= 15 is 0 Å². The first-order valence-corrected chi connectivity index (χ1v) is 19.0. The number of rotatable bonds is 8. The number of nitrogens with one attached hydrogen (secondary N) is 1. The zero-order valence-corrected chi connectivity index (χ0v) is 30.5. The third-order valence-electron chi connectivity index (χ3n) is 11.7. The molecule has 3 fully saturated rings. The normalized spacial score (nSPS) is 20.3. The van der Waals surface area contributed by atoms with Crippen LogP contribution in [0.25, 0.3) is 27.8 Å². The number of hydrogen-bond donors (Lipinski definition) is 1. The third-order valence-corrected chi connectivity index (χ3v) is 11.7. The van der Waals surface area contributed by atoms with Gasteiger partial charge in [-0.05, 0) is 86.4 Å². The summed E-state index contributed by atoms with van der Waals surface area (Å²) in [6, 6.07) is 19.4. The summed E-state index contributed by atoms with van der Waals surface area (Å²) in [5, 5.41) is 7.38. The summed E-state index contributed by atoms with van der Waals surface area (Å²) in [4.78, 5) is 50.5. The molecule has 12 heteroatoms. The number of pyridine rings is 1. The average Bonchev–Trinajstić information content (AvgIpc) is 3.83. The predicted molar refractivity (Wildman–Crippen MR) is 203 cm³/mol. The van der Waals surface area contributed by atoms with Crippen molar-refractivity contribution in [2.45, 2.75) is 83.0 Å². The Morgan fingerprint density at radius 1 is 0.868 bits per heavy atom. The predicted octanol–water partition coefficient (Wildman–Crippen LogP) is 5.37. The van der Waals surface area contributed by atoms with Gasteiger partial charge in [-0.2, -0.15) is 5.10 Å². The van der Waals surface area contributed by atoms with Crippen molar-refractivity contribution in [3.8, 4) is 16.8 Å². The van der Waals surface area contributed by atoms with Gasteiger partial charge in [-0.1, -0.05) is 49.2 Å². The third kappa shape index (κ3) is 7.22. The number of benzene rings is 2. The standard InChI is InChI=1S/C41H47FN8O3/c1-27-22-37(45-46(27)2)39(51)44-32-14-16-34(17-15-32)50-40(52)36-24-31(42)25-43-38(36)49(41(50)53)35-9-5-6-30(23-35)29-12-10-28(11-13-29)26-47-18-20-48(21-19-47)33-7-3-4-8-33/h5-6,9-13,22-25,32-34H,3-4,7-8,14-21,26H2,1-2H3,(H,44,51)/t32-,34+. The summed E-state index contributed by atoms with van der Waals surface area (Å²) in [6.45, 7) is 7.27. The maximum Gasteiger partial charge on any atom is 0.337 e. The van der Waals surface area contributed by atoms with Crippen LogP contribution in [0.15, 0.2) is 76.4 Å². The minimum absolute atomic E-state index is 0.0457. The van der Waals surface area contributed by atoms with Crippen molar-refractivity contribution < 1.29 is 9.18 Å². The van der Waals surface area contributed by atoms with E-state index in [4.69, 9.17) is 0 Å². The minimum atomic E-state index is -0.646. The molecule has 0 unspecified atom stereocenters. The van der Waals surface area contributed by atoms with Gasteiger partial charge in [0.25, 0.3) is 11.5 Å². The van der Waals surface area contributed by atoms with Crippen molar-refractivity contribution in [2.24, 2.45) is 7.05 Å². The molecule has 53 heavy (non-hydrogen) atoms. The molecule has 0 atom stereocenters. The fraction of sp³-hybridized carbons (Fsp3) is 0.439. The van der Waals surface area contributed by atoms with Gasteiger partial charge >= 0.3 is 5.69 Å². The van der Waals surface area contributed by atoms with E-state index in [2.05, 4.69) is 49.5 Å². The lowest BCUT2D eigenvalue weighted by Crippen LogP contribution is -2.49. The molecule has 0 radical (unpaired) electrons. The number of aromatic nitrogens is 5. The topological polar surface area (TPSA) is 110 Å². The molecule has 1 aliphatic heterocycles. The highest BCUT2D eigenvalue weighted by Gasteiger charge is 2.29. The van der Waals surface area contributed by atoms with Crippen molar-refractivity contribution in [2.75, 3.05) is 26.2 Å². The van der Waals surface area contributed by atoms with Crippen LogP contribution < -0.4 is 16.6 Å². The fourth-order valence-corrected chi connectivity index (χ4v) is 8.59. The Kier molecular flexibility index (Phi) is 9.82. The highest BCUT2D eigenvalue weighted by molar-refractivity contribution is 5.92. The zero-order valence-electron chi connectivity index (χ0n) is 30.5. The number of aryl methyl sites for hydroxylation is 2. The van der Waals surface area contributed by atoms with E-state index in [-0.39, 0.29) is 23.0 Å². The first-order chi connectivity index (χ1) is 25.7. The van der Waals surface area contributed by atoms with E-state index in [1.165, 1.54) is 40.4 Å². The van der Waals surface area contributed by atoms with E-state index in [1.807, 2.05) is 31.2 Å². The molecule has 0 bridgehead atoms. The average molecular weight is 719 g/mol. The molecule has 1 saturated heterocycles. The summed E-state index contributed by atoms with van der Waals surface area (Å²) in [5.41, 5.74) is 4.01. The zero-order chi connectivity index (χ0) is 36.6. The Labute approximate surface area is 308 Å². The van der Waals surface area contributed by atoms with E-state index < -0.39 is 23.1 Å². The van der Waals surface area contributed by atoms with E-state index in [0.717, 1.165) is 67.8 Å². The molecular weight excluding hydrogens is 672 g/mol. The number of halogens is 1. The number of fused-ring (bicyclic) bond motifs is 1. The molecule has 0 spiro atoms. The van der Waals surface area contributed by atoms with Crippen LogP contribution in [-0.4, -0.2) is 77.9 Å². The molecular formula is C41H47FN8O3. The molecule has 2 aromatic carbocycles. The number of carbonyl (C=O) groups is 1. The van der Waals surface area contributed by atoms with Crippen molar-refractivity contribution in [1.29, 1.82) is 0 Å². The van der Waals surface area contributed by atoms with Crippen molar-refractivity contribution in [1.82, 2.24) is 39.0 Å². The maximum absolute atomic E-state index is 14.6. The highest BCUT2D eigenvalue weighted by atomic mass is 19.1. The quantitative estimate of drug-likeness (QED) is 0.230. The summed E-state index contributed by atoms with van der Waals surface area (Å²) < 4.78 is 18.9. The van der Waals surface area contributed by atoms with Crippen LogP contribution in [-0.2, 0) is 13.6 Å². The number of hydrogen-bond acceptors (Lipinski definition) is 7. The summed E-state index contributed by atoms with van der Waals surface area (Å²) in [5.74, 6) is -0.890. The van der Waals surface area contributed by atoms with E-state index in [1.54, 1.807) is 17.8 Å². The smallest absolute Gasteiger partial charge is 0.337 e. The van der Waals surface area contributed by atoms with Gasteiger partial charge in [0.15, 0.2) is 5.65 Å². The number of nitrogens with zero attached hydrogens (tertiary/aromatic N) is 7. The Bertz CT molecular complexity index is 2220. The van der Waals surface area contributed by atoms with Crippen molar-refractivity contribution in [3.63, 3.8) is 0 Å². The second-order valence-corrected chi connectivity index (χ2v) is 15.1. The fourth-order valence-electron chi connectivity index (χ4n) is 8.59. The molecule has 2 aliphatic carbocycles. The molecule has 3 aliphatic rings. The monoisotopic (exact) mass is 718 g/mol. The summed E-state index contributed by atoms with van der Waals surface area (Å²) in [7, 11) is 1.79. The SMILES string of the molecule is Cc1cc(C(=O)N[C@H]2CC[C@@H](n3c(=O)c4cc(F)cnc4n(-c4cccc(-c5ccc(CN6CCN(C7CCCC7)CC6)cc5)c4)c3=O)CC2)nn1C. The van der Waals surface area contributed by atoms with Crippen molar-refractivity contribution in [3.05, 3.63) is 110 Å². The second kappa shape index (κ2) is 14.8. The van der Waals surface area contributed by atoms with Crippen LogP contribution in [0.5, 0.6) is 0 Å². The molecule has 1 N–H and O–H groups in total. The van der Waals surface area contributed by atoms with Crippen LogP contribution in [0.1, 0.15) is 79.2 Å². The lowest BCUT2D eigenvalue weighted by atomic mass is 9.90. The molecule has 4 heterocycles. The lowest BCUT2D eigenvalue weighted by Gasteiger charge is -2.38. The molecule has 2 saturated carbocycles. The highest BCUT2D eigenvalue weighted by Crippen LogP contribution is 2.29. The van der Waals surface area contributed by atoms with Gasteiger partial charge in [0.2, 0.25) is 0 Å². The largest absolute Gasteiger partial charge is 0.348 e. The molecule has 3 aromatic heterocycles. The minimum Gasteiger partial charge on any atom is -0.348 e. The van der Waals surface area contributed by atoms with Gasteiger partial charge in [0.1, 0.15) is 11.5 Å². The summed E-state index contributed by atoms with van der Waals surface area (Å²) in [6.07, 6.45) is 8.63. The molecule has 276 valence electrons. The van der Waals surface area contributed by atoms with Gasteiger partial charge in [-0.25, -0.2) is 18.7 Å². The van der Waals surface area contributed by atoms with Gasteiger partial charge in [0.05, 0.1) is 17.3 Å². The van der Waals surface area contributed by atoms with Crippen LogP contribution in [0, 0.1) is 12.7 Å². The molecule has 11 nitrogen and oxygen atoms in total. The number of piperazine rings is 1. The first-order valence-electron chi connectivity index (χ1n) is 19.0. The van der Waals surface area contributed by atoms with Gasteiger partial charge < -0.3 is 5.32 Å². The molecule has 5 aromatic rings. The molecule has 1 amide bonds. The first kappa shape index (κ1) is 35.1.